The molecule has 0 aromatic rings. The Morgan fingerprint density at radius 2 is 1.92 bits per heavy atom. The van der Waals surface area contributed by atoms with Crippen LogP contribution in [0.25, 0.3) is 0 Å². The second-order valence-corrected chi connectivity index (χ2v) is 4.83. The smallest absolute Gasteiger partial charge is 0.0819 e. The van der Waals surface area contributed by atoms with Crippen LogP contribution in [0.3, 0.4) is 0 Å². The Kier molecular flexibility index (Phi) is 2.67. The van der Waals surface area contributed by atoms with Gasteiger partial charge in [-0.15, -0.1) is 0 Å². The van der Waals surface area contributed by atoms with Gasteiger partial charge in [-0.2, -0.15) is 0 Å². The van der Waals surface area contributed by atoms with Gasteiger partial charge in [0.2, 0.25) is 0 Å². The van der Waals surface area contributed by atoms with Crippen molar-refractivity contribution in [2.75, 3.05) is 0 Å². The third-order valence-corrected chi connectivity index (χ3v) is 3.31. The normalized spacial score (nSPS) is 33.8. The minimum absolute atomic E-state index is 0.0955. The third kappa shape index (κ3) is 1.58. The zero-order valence-corrected chi connectivity index (χ0v) is 9.04. The molecule has 2 atom stereocenters. The van der Waals surface area contributed by atoms with Gasteiger partial charge in [-0.25, -0.2) is 0 Å². The Bertz CT molecular complexity index is 232. The molecule has 0 heterocycles. The van der Waals surface area contributed by atoms with Crippen molar-refractivity contribution >= 4 is 0 Å². The summed E-state index contributed by atoms with van der Waals surface area (Å²) < 4.78 is 0. The second kappa shape index (κ2) is 3.30. The van der Waals surface area contributed by atoms with Crippen LogP contribution in [0, 0.1) is 10.8 Å². The first kappa shape index (κ1) is 10.5. The van der Waals surface area contributed by atoms with E-state index in [2.05, 4.69) is 33.8 Å². The summed E-state index contributed by atoms with van der Waals surface area (Å²) in [5, 5.41) is 10.0. The van der Waals surface area contributed by atoms with E-state index in [1.54, 1.807) is 0 Å². The Balaban J connectivity index is 3.06. The summed E-state index contributed by atoms with van der Waals surface area (Å²) >= 11 is 0. The van der Waals surface area contributed by atoms with Gasteiger partial charge in [0.25, 0.3) is 0 Å². The minimum Gasteiger partial charge on any atom is -0.388 e. The molecule has 74 valence electrons. The molecular formula is C12H20O. The zero-order chi connectivity index (χ0) is 10.1. The van der Waals surface area contributed by atoms with Crippen LogP contribution in [0.15, 0.2) is 24.3 Å². The number of aliphatic hydroxyl groups excluding tert-OH is 1. The molecule has 2 unspecified atom stereocenters. The quantitative estimate of drug-likeness (QED) is 0.658. The summed E-state index contributed by atoms with van der Waals surface area (Å²) in [4.78, 5) is 0. The van der Waals surface area contributed by atoms with Crippen molar-refractivity contribution in [1.29, 1.82) is 0 Å². The lowest BCUT2D eigenvalue weighted by Gasteiger charge is -2.46. The van der Waals surface area contributed by atoms with Crippen molar-refractivity contribution in [3.63, 3.8) is 0 Å². The zero-order valence-electron chi connectivity index (χ0n) is 9.04. The van der Waals surface area contributed by atoms with Crippen LogP contribution >= 0.6 is 0 Å². The van der Waals surface area contributed by atoms with Crippen LogP contribution in [-0.2, 0) is 0 Å². The molecule has 1 nitrogen and oxygen atoms in total. The molecule has 0 saturated carbocycles. The van der Waals surface area contributed by atoms with Crippen molar-refractivity contribution in [2.45, 2.75) is 40.2 Å². The van der Waals surface area contributed by atoms with Crippen LogP contribution in [0.2, 0.25) is 0 Å². The predicted molar refractivity (Wildman–Crippen MR) is 56.5 cm³/mol. The number of rotatable bonds is 1. The SMILES string of the molecule is CCC1(C(C)(C)C)C=CC=CC1O. The molecule has 13 heavy (non-hydrogen) atoms. The third-order valence-electron chi connectivity index (χ3n) is 3.31. The van der Waals surface area contributed by atoms with Crippen LogP contribution in [0.1, 0.15) is 34.1 Å². The van der Waals surface area contributed by atoms with Crippen LogP contribution in [0.4, 0.5) is 0 Å². The minimum atomic E-state index is -0.345. The molecule has 0 aliphatic heterocycles. The fourth-order valence-electron chi connectivity index (χ4n) is 2.22. The van der Waals surface area contributed by atoms with Gasteiger partial charge in [0.1, 0.15) is 0 Å². The number of aliphatic hydroxyl groups is 1. The molecule has 0 radical (unpaired) electrons. The summed E-state index contributed by atoms with van der Waals surface area (Å²) in [5.41, 5.74) is 0.00414. The topological polar surface area (TPSA) is 20.2 Å². The van der Waals surface area contributed by atoms with Crippen molar-refractivity contribution in [1.82, 2.24) is 0 Å². The molecule has 0 fully saturated rings. The van der Waals surface area contributed by atoms with Gasteiger partial charge in [-0.05, 0) is 11.8 Å². The van der Waals surface area contributed by atoms with Gasteiger partial charge in [0.15, 0.2) is 0 Å². The fraction of sp³-hybridized carbons (Fsp3) is 0.667. The van der Waals surface area contributed by atoms with Gasteiger partial charge in [0, 0.05) is 5.41 Å². The highest BCUT2D eigenvalue weighted by atomic mass is 16.3. The number of allylic oxidation sites excluding steroid dienone is 2. The Morgan fingerprint density at radius 1 is 1.31 bits per heavy atom. The van der Waals surface area contributed by atoms with Crippen molar-refractivity contribution in [3.05, 3.63) is 24.3 Å². The van der Waals surface area contributed by atoms with Gasteiger partial charge in [-0.3, -0.25) is 0 Å². The highest BCUT2D eigenvalue weighted by Gasteiger charge is 2.43. The number of hydrogen-bond donors (Lipinski definition) is 1. The molecule has 0 amide bonds. The highest BCUT2D eigenvalue weighted by molar-refractivity contribution is 5.23. The van der Waals surface area contributed by atoms with Crippen LogP contribution in [-0.4, -0.2) is 11.2 Å². The van der Waals surface area contributed by atoms with Gasteiger partial charge in [0.05, 0.1) is 6.10 Å². The van der Waals surface area contributed by atoms with E-state index in [1.807, 2.05) is 18.2 Å². The lowest BCUT2D eigenvalue weighted by molar-refractivity contribution is 0.00700. The number of hydrogen-bond acceptors (Lipinski definition) is 1. The summed E-state index contributed by atoms with van der Waals surface area (Å²) in [5.74, 6) is 0. The maximum Gasteiger partial charge on any atom is 0.0819 e. The summed E-state index contributed by atoms with van der Waals surface area (Å²) in [6.45, 7) is 8.69. The van der Waals surface area contributed by atoms with E-state index in [4.69, 9.17) is 0 Å². The fourth-order valence-corrected chi connectivity index (χ4v) is 2.22. The van der Waals surface area contributed by atoms with Gasteiger partial charge in [-0.1, -0.05) is 52.0 Å². The average molecular weight is 180 g/mol. The second-order valence-electron chi connectivity index (χ2n) is 4.83. The molecule has 1 aliphatic carbocycles. The first-order chi connectivity index (χ1) is 5.94. The molecule has 0 spiro atoms. The van der Waals surface area contributed by atoms with Gasteiger partial charge < -0.3 is 5.11 Å². The van der Waals surface area contributed by atoms with E-state index >= 15 is 0 Å². The first-order valence-corrected chi connectivity index (χ1v) is 4.98. The molecule has 1 rings (SSSR count). The molecule has 1 N–H and O–H groups in total. The molecular weight excluding hydrogens is 160 g/mol. The Labute approximate surface area is 81.2 Å². The highest BCUT2D eigenvalue weighted by Crippen LogP contribution is 2.47. The molecule has 0 bridgehead atoms. The largest absolute Gasteiger partial charge is 0.388 e. The van der Waals surface area contributed by atoms with E-state index in [9.17, 15) is 5.11 Å². The Morgan fingerprint density at radius 3 is 2.23 bits per heavy atom. The maximum atomic E-state index is 10.0. The van der Waals surface area contributed by atoms with E-state index in [-0.39, 0.29) is 16.9 Å². The van der Waals surface area contributed by atoms with E-state index < -0.39 is 0 Å². The van der Waals surface area contributed by atoms with Crippen molar-refractivity contribution < 1.29 is 5.11 Å². The molecule has 1 aliphatic rings. The summed E-state index contributed by atoms with van der Waals surface area (Å²) in [6, 6.07) is 0. The molecule has 0 aromatic carbocycles. The lowest BCUT2D eigenvalue weighted by Crippen LogP contribution is -2.43. The monoisotopic (exact) mass is 180 g/mol. The maximum absolute atomic E-state index is 10.0. The predicted octanol–water partition coefficient (Wildman–Crippen LogP) is 2.92. The molecule has 1 heteroatoms. The van der Waals surface area contributed by atoms with Crippen molar-refractivity contribution in [3.8, 4) is 0 Å². The van der Waals surface area contributed by atoms with Crippen LogP contribution in [0.5, 0.6) is 0 Å². The van der Waals surface area contributed by atoms with E-state index in [0.29, 0.717) is 0 Å². The first-order valence-electron chi connectivity index (χ1n) is 4.98. The standard InChI is InChI=1S/C12H20O/c1-5-12(11(2,3)4)9-7-6-8-10(12)13/h6-10,13H,5H2,1-4H3. The van der Waals surface area contributed by atoms with E-state index in [0.717, 1.165) is 6.42 Å². The van der Waals surface area contributed by atoms with Crippen molar-refractivity contribution in [2.24, 2.45) is 10.8 Å². The van der Waals surface area contributed by atoms with E-state index in [1.165, 1.54) is 0 Å². The van der Waals surface area contributed by atoms with Gasteiger partial charge >= 0.3 is 0 Å². The average Bonchev–Trinajstić information content (AvgIpc) is 2.03. The van der Waals surface area contributed by atoms with Crippen LogP contribution < -0.4 is 0 Å². The lowest BCUT2D eigenvalue weighted by atomic mass is 9.60. The Hall–Kier alpha value is -0.560. The molecule has 0 aromatic heterocycles. The summed E-state index contributed by atoms with van der Waals surface area (Å²) in [6.07, 6.45) is 8.62. The summed E-state index contributed by atoms with van der Waals surface area (Å²) in [7, 11) is 0. The molecule has 0 saturated heterocycles.